The highest BCUT2D eigenvalue weighted by Gasteiger charge is 2.27. The lowest BCUT2D eigenvalue weighted by molar-refractivity contribution is 0.172. The van der Waals surface area contributed by atoms with Gasteiger partial charge in [0.05, 0.1) is 10.7 Å². The molecule has 1 N–H and O–H groups in total. The number of nitrogens with zero attached hydrogens (tertiary/aromatic N) is 5. The Morgan fingerprint density at radius 2 is 1.84 bits per heavy atom. The molecule has 1 aliphatic heterocycles. The number of nitrogens with one attached hydrogen (secondary N) is 1. The van der Waals surface area contributed by atoms with Crippen LogP contribution >= 0.6 is 11.3 Å². The number of pyridine rings is 1. The summed E-state index contributed by atoms with van der Waals surface area (Å²) >= 11 is 1.86. The van der Waals surface area contributed by atoms with Gasteiger partial charge in [0, 0.05) is 29.3 Å². The number of aryl methyl sites for hydroxylation is 1. The first-order valence-corrected chi connectivity index (χ1v) is 12.2. The molecule has 6 nitrogen and oxygen atoms in total. The first-order chi connectivity index (χ1) is 14.8. The number of aromatic nitrogens is 5. The van der Waals surface area contributed by atoms with E-state index in [1.54, 1.807) is 6.33 Å². The van der Waals surface area contributed by atoms with E-state index in [0.29, 0.717) is 17.9 Å². The zero-order valence-electron chi connectivity index (χ0n) is 19.4. The average molecular weight is 437 g/mol. The lowest BCUT2D eigenvalue weighted by Gasteiger charge is -2.33. The van der Waals surface area contributed by atoms with Gasteiger partial charge in [-0.15, -0.1) is 11.3 Å². The Morgan fingerprint density at radius 1 is 1.10 bits per heavy atom. The summed E-state index contributed by atoms with van der Waals surface area (Å²) in [7, 11) is 0. The highest BCUT2D eigenvalue weighted by atomic mass is 32.1. The average Bonchev–Trinajstić information content (AvgIpc) is 3.44. The molecule has 1 fully saturated rings. The zero-order valence-corrected chi connectivity index (χ0v) is 20.2. The molecule has 1 saturated heterocycles. The molecule has 31 heavy (non-hydrogen) atoms. The number of H-pyrrole nitrogens is 1. The van der Waals surface area contributed by atoms with Crippen LogP contribution in [0.4, 0.5) is 0 Å². The van der Waals surface area contributed by atoms with Crippen molar-refractivity contribution in [2.75, 3.05) is 13.1 Å². The molecule has 4 aromatic heterocycles. The zero-order chi connectivity index (χ0) is 21.9. The lowest BCUT2D eigenvalue weighted by atomic mass is 9.95. The molecule has 0 amide bonds. The number of likely N-dealkylation sites (tertiary alicyclic amines) is 1. The second-order valence-corrected chi connectivity index (χ2v) is 10.6. The molecule has 0 bridgehead atoms. The maximum atomic E-state index is 5.21. The Balaban J connectivity index is 1.56. The van der Waals surface area contributed by atoms with Gasteiger partial charge in [-0.05, 0) is 70.7 Å². The minimum Gasteiger partial charge on any atom is -0.345 e. The summed E-state index contributed by atoms with van der Waals surface area (Å²) in [6.07, 6.45) is 6.15. The quantitative estimate of drug-likeness (QED) is 0.448. The van der Waals surface area contributed by atoms with Gasteiger partial charge in [-0.25, -0.2) is 14.5 Å². The fourth-order valence-corrected chi connectivity index (χ4v) is 6.12. The lowest BCUT2D eigenvalue weighted by Crippen LogP contribution is -2.37. The minimum absolute atomic E-state index is 0.382. The van der Waals surface area contributed by atoms with E-state index in [4.69, 9.17) is 4.98 Å². The molecule has 0 spiro atoms. The third kappa shape index (κ3) is 3.38. The number of thiazole rings is 1. The molecule has 0 radical (unpaired) electrons. The van der Waals surface area contributed by atoms with Crippen LogP contribution in [0.3, 0.4) is 0 Å². The van der Waals surface area contributed by atoms with E-state index in [2.05, 4.69) is 67.7 Å². The molecule has 0 aromatic carbocycles. The van der Waals surface area contributed by atoms with Crippen molar-refractivity contribution in [2.45, 2.75) is 72.3 Å². The molecule has 0 unspecified atom stereocenters. The van der Waals surface area contributed by atoms with Crippen molar-refractivity contribution < 1.29 is 0 Å². The van der Waals surface area contributed by atoms with E-state index in [-0.39, 0.29) is 0 Å². The van der Waals surface area contributed by atoms with Gasteiger partial charge in [-0.3, -0.25) is 0 Å². The summed E-state index contributed by atoms with van der Waals surface area (Å²) in [5, 5.41) is 5.69. The molecule has 5 rings (SSSR count). The van der Waals surface area contributed by atoms with Crippen LogP contribution in [0.15, 0.2) is 12.5 Å². The van der Waals surface area contributed by atoms with Crippen LogP contribution in [0.2, 0.25) is 0 Å². The molecular formula is C24H32N6S. The van der Waals surface area contributed by atoms with Crippen LogP contribution in [0.5, 0.6) is 0 Å². The standard InChI is InChI=1S/C24H32N6S/c1-13(2)19-20(18-11-30-22(25-12-26-30)16(6)15(18)5)27-24-21(19)28-23(31-24)17-7-9-29(10-8-17)14(3)4/h11-14,17,27H,7-10H2,1-6H3. The second-order valence-electron chi connectivity index (χ2n) is 9.52. The van der Waals surface area contributed by atoms with E-state index in [9.17, 15) is 0 Å². The monoisotopic (exact) mass is 436 g/mol. The van der Waals surface area contributed by atoms with Crippen molar-refractivity contribution in [2.24, 2.45) is 0 Å². The van der Waals surface area contributed by atoms with E-state index in [1.807, 2.05) is 15.9 Å². The maximum absolute atomic E-state index is 5.21. The minimum atomic E-state index is 0.382. The van der Waals surface area contributed by atoms with Crippen molar-refractivity contribution in [3.8, 4) is 11.3 Å². The highest BCUT2D eigenvalue weighted by Crippen LogP contribution is 2.42. The molecule has 164 valence electrons. The molecule has 0 aliphatic carbocycles. The number of hydrogen-bond donors (Lipinski definition) is 1. The maximum Gasteiger partial charge on any atom is 0.158 e. The van der Waals surface area contributed by atoms with Gasteiger partial charge in [0.25, 0.3) is 0 Å². The van der Waals surface area contributed by atoms with Crippen molar-refractivity contribution in [1.82, 2.24) is 29.5 Å². The fraction of sp³-hybridized carbons (Fsp3) is 0.542. The SMILES string of the molecule is Cc1c(-c2[nH]c3sc(C4CCN(C(C)C)CC4)nc3c2C(C)C)cn2ncnc2c1C. The Bertz CT molecular complexity index is 1240. The van der Waals surface area contributed by atoms with Gasteiger partial charge in [0.15, 0.2) is 5.65 Å². The summed E-state index contributed by atoms with van der Waals surface area (Å²) in [4.78, 5) is 17.2. The predicted octanol–water partition coefficient (Wildman–Crippen LogP) is 5.66. The Labute approximate surface area is 187 Å². The number of rotatable bonds is 4. The molecular weight excluding hydrogens is 404 g/mol. The van der Waals surface area contributed by atoms with Crippen LogP contribution in [-0.2, 0) is 0 Å². The number of piperidine rings is 1. The molecule has 0 saturated carbocycles. The summed E-state index contributed by atoms with van der Waals surface area (Å²) in [6.45, 7) is 15.8. The fourth-order valence-electron chi connectivity index (χ4n) is 4.97. The van der Waals surface area contributed by atoms with Crippen LogP contribution < -0.4 is 0 Å². The third-order valence-electron chi connectivity index (χ3n) is 6.99. The molecule has 4 aromatic rings. The Morgan fingerprint density at radius 3 is 2.52 bits per heavy atom. The van der Waals surface area contributed by atoms with E-state index < -0.39 is 0 Å². The molecule has 1 aliphatic rings. The second kappa shape index (κ2) is 7.71. The normalized spacial score (nSPS) is 16.5. The van der Waals surface area contributed by atoms with Crippen molar-refractivity contribution in [1.29, 1.82) is 0 Å². The summed E-state index contributed by atoms with van der Waals surface area (Å²) in [6, 6.07) is 0.635. The van der Waals surface area contributed by atoms with Gasteiger partial charge in [-0.1, -0.05) is 13.8 Å². The first-order valence-electron chi connectivity index (χ1n) is 11.4. The summed E-state index contributed by atoms with van der Waals surface area (Å²) in [5.41, 5.74) is 8.20. The molecule has 5 heterocycles. The third-order valence-corrected chi connectivity index (χ3v) is 8.12. The topological polar surface area (TPSA) is 62.1 Å². The van der Waals surface area contributed by atoms with Gasteiger partial charge in [0.1, 0.15) is 16.7 Å². The van der Waals surface area contributed by atoms with Gasteiger partial charge >= 0.3 is 0 Å². The number of hydrogen-bond acceptors (Lipinski definition) is 5. The molecule has 0 atom stereocenters. The largest absolute Gasteiger partial charge is 0.345 e. The predicted molar refractivity (Wildman–Crippen MR) is 128 cm³/mol. The summed E-state index contributed by atoms with van der Waals surface area (Å²) < 4.78 is 1.89. The van der Waals surface area contributed by atoms with E-state index in [1.165, 1.54) is 63.7 Å². The van der Waals surface area contributed by atoms with Crippen LogP contribution in [0, 0.1) is 13.8 Å². The van der Waals surface area contributed by atoms with Crippen molar-refractivity contribution in [3.05, 3.63) is 34.2 Å². The van der Waals surface area contributed by atoms with Gasteiger partial charge < -0.3 is 9.88 Å². The van der Waals surface area contributed by atoms with Gasteiger partial charge in [0.2, 0.25) is 0 Å². The molecule has 7 heteroatoms. The Hall–Kier alpha value is -2.25. The first kappa shape index (κ1) is 20.6. The smallest absolute Gasteiger partial charge is 0.158 e. The van der Waals surface area contributed by atoms with E-state index in [0.717, 1.165) is 11.2 Å². The van der Waals surface area contributed by atoms with E-state index >= 15 is 0 Å². The summed E-state index contributed by atoms with van der Waals surface area (Å²) in [5.74, 6) is 0.965. The van der Waals surface area contributed by atoms with Crippen molar-refractivity contribution in [3.63, 3.8) is 0 Å². The van der Waals surface area contributed by atoms with Gasteiger partial charge in [-0.2, -0.15) is 5.10 Å². The number of fused-ring (bicyclic) bond motifs is 2. The van der Waals surface area contributed by atoms with Crippen LogP contribution in [0.25, 0.3) is 27.3 Å². The Kier molecular flexibility index (Phi) is 5.13. The van der Waals surface area contributed by atoms with Crippen LogP contribution in [0.1, 0.15) is 74.1 Å². The highest BCUT2D eigenvalue weighted by molar-refractivity contribution is 7.18. The number of aromatic amines is 1. The van der Waals surface area contributed by atoms with Crippen LogP contribution in [-0.4, -0.2) is 48.6 Å². The van der Waals surface area contributed by atoms with Crippen molar-refractivity contribution >= 4 is 27.3 Å².